The summed E-state index contributed by atoms with van der Waals surface area (Å²) < 4.78 is 13.2. The van der Waals surface area contributed by atoms with Crippen molar-refractivity contribution < 1.29 is 4.39 Å². The molecule has 0 radical (unpaired) electrons. The van der Waals surface area contributed by atoms with E-state index >= 15 is 0 Å². The average molecular weight is 218 g/mol. The van der Waals surface area contributed by atoms with Crippen molar-refractivity contribution in [1.82, 2.24) is 20.4 Å². The van der Waals surface area contributed by atoms with E-state index in [2.05, 4.69) is 34.5 Å². The Morgan fingerprint density at radius 3 is 2.27 bits per heavy atom. The molecule has 1 aliphatic rings. The van der Waals surface area contributed by atoms with Crippen molar-refractivity contribution in [3.63, 3.8) is 0 Å². The van der Waals surface area contributed by atoms with Gasteiger partial charge in [0, 0.05) is 45.8 Å². The predicted molar refractivity (Wildman–Crippen MR) is 60.8 cm³/mol. The highest BCUT2D eigenvalue weighted by Crippen LogP contribution is 1.89. The van der Waals surface area contributed by atoms with Gasteiger partial charge in [0.2, 0.25) is 0 Å². The van der Waals surface area contributed by atoms with Crippen molar-refractivity contribution in [3.05, 3.63) is 0 Å². The van der Waals surface area contributed by atoms with Crippen LogP contribution >= 0.6 is 0 Å². The van der Waals surface area contributed by atoms with Crippen molar-refractivity contribution in [3.8, 4) is 0 Å². The molecule has 1 fully saturated rings. The summed E-state index contributed by atoms with van der Waals surface area (Å²) in [5.41, 5.74) is 0. The second-order valence-electron chi connectivity index (χ2n) is 4.23. The monoisotopic (exact) mass is 218 g/mol. The van der Waals surface area contributed by atoms with Gasteiger partial charge < -0.3 is 15.1 Å². The molecule has 2 N–H and O–H groups in total. The Bertz CT molecular complexity index is 168. The third-order valence-electron chi connectivity index (χ3n) is 2.72. The molecule has 1 heterocycles. The van der Waals surface area contributed by atoms with E-state index in [-0.39, 0.29) is 0 Å². The van der Waals surface area contributed by atoms with Crippen LogP contribution in [0, 0.1) is 0 Å². The average Bonchev–Trinajstić information content (AvgIpc) is 2.20. The molecule has 0 spiro atoms. The normalized spacial score (nSPS) is 29.4. The van der Waals surface area contributed by atoms with Gasteiger partial charge >= 0.3 is 0 Å². The number of halogens is 1. The lowest BCUT2D eigenvalue weighted by Gasteiger charge is -2.24. The summed E-state index contributed by atoms with van der Waals surface area (Å²) in [4.78, 5) is 4.50. The maximum atomic E-state index is 13.2. The summed E-state index contributed by atoms with van der Waals surface area (Å²) in [6.45, 7) is 5.93. The number of hydrogen-bond donors (Lipinski definition) is 2. The summed E-state index contributed by atoms with van der Waals surface area (Å²) in [5.74, 6) is 0. The van der Waals surface area contributed by atoms with Gasteiger partial charge in [0.1, 0.15) is 0 Å². The Balaban J connectivity index is 2.30. The van der Waals surface area contributed by atoms with Crippen LogP contribution in [0.15, 0.2) is 0 Å². The molecule has 0 amide bonds. The first-order valence-corrected chi connectivity index (χ1v) is 5.64. The first kappa shape index (κ1) is 12.8. The quantitative estimate of drug-likeness (QED) is 0.528. The van der Waals surface area contributed by atoms with Crippen LogP contribution in [0.4, 0.5) is 4.39 Å². The van der Waals surface area contributed by atoms with Crippen molar-refractivity contribution in [2.24, 2.45) is 0 Å². The van der Waals surface area contributed by atoms with E-state index in [1.807, 2.05) is 0 Å². The maximum absolute atomic E-state index is 13.2. The lowest BCUT2D eigenvalue weighted by molar-refractivity contribution is 0.214. The zero-order valence-electron chi connectivity index (χ0n) is 9.80. The molecule has 0 aliphatic carbocycles. The molecule has 1 aliphatic heterocycles. The van der Waals surface area contributed by atoms with E-state index in [1.54, 1.807) is 0 Å². The van der Waals surface area contributed by atoms with Crippen LogP contribution in [0.2, 0.25) is 0 Å². The topological polar surface area (TPSA) is 30.5 Å². The van der Waals surface area contributed by atoms with Crippen molar-refractivity contribution in [1.29, 1.82) is 0 Å². The Kier molecular flexibility index (Phi) is 6.09. The van der Waals surface area contributed by atoms with Gasteiger partial charge in [-0.05, 0) is 14.1 Å². The molecule has 1 rings (SSSR count). The fourth-order valence-corrected chi connectivity index (χ4v) is 1.55. The van der Waals surface area contributed by atoms with Crippen molar-refractivity contribution in [2.45, 2.75) is 6.30 Å². The Morgan fingerprint density at radius 1 is 1.00 bits per heavy atom. The summed E-state index contributed by atoms with van der Waals surface area (Å²) >= 11 is 0. The van der Waals surface area contributed by atoms with E-state index in [9.17, 15) is 4.39 Å². The number of alkyl halides is 1. The molecule has 0 saturated carbocycles. The molecule has 0 aromatic carbocycles. The molecule has 0 aromatic heterocycles. The summed E-state index contributed by atoms with van der Waals surface area (Å²) in [6, 6.07) is 0. The van der Waals surface area contributed by atoms with Gasteiger partial charge in [-0.2, -0.15) is 0 Å². The minimum atomic E-state index is -0.928. The second-order valence-corrected chi connectivity index (χ2v) is 4.23. The highest BCUT2D eigenvalue weighted by atomic mass is 19.1. The van der Waals surface area contributed by atoms with Crippen molar-refractivity contribution in [2.75, 3.05) is 59.9 Å². The molecule has 5 heteroatoms. The van der Waals surface area contributed by atoms with Gasteiger partial charge in [0.15, 0.2) is 6.30 Å². The summed E-state index contributed by atoms with van der Waals surface area (Å²) in [7, 11) is 4.18. The van der Waals surface area contributed by atoms with Crippen LogP contribution in [0.5, 0.6) is 0 Å². The zero-order valence-corrected chi connectivity index (χ0v) is 9.80. The molecule has 1 unspecified atom stereocenters. The molecule has 90 valence electrons. The van der Waals surface area contributed by atoms with Crippen LogP contribution in [0.3, 0.4) is 0 Å². The smallest absolute Gasteiger partial charge is 0.163 e. The third-order valence-corrected chi connectivity index (χ3v) is 2.72. The van der Waals surface area contributed by atoms with Crippen LogP contribution in [0.25, 0.3) is 0 Å². The standard InChI is InChI=1S/C10H23FN4/c1-14-5-3-12-9-10(11)13-4-6-15(2)8-7-14/h10,12-13H,3-9H2,1-2H3. The lowest BCUT2D eigenvalue weighted by Crippen LogP contribution is -2.44. The Hall–Kier alpha value is -0.230. The van der Waals surface area contributed by atoms with E-state index in [0.29, 0.717) is 13.1 Å². The Morgan fingerprint density at radius 2 is 1.60 bits per heavy atom. The second kappa shape index (κ2) is 7.11. The third kappa shape index (κ3) is 6.04. The first-order valence-electron chi connectivity index (χ1n) is 5.64. The molecule has 0 aromatic rings. The minimum absolute atomic E-state index is 0.400. The summed E-state index contributed by atoms with van der Waals surface area (Å²) in [5, 5.41) is 5.96. The molecule has 4 nitrogen and oxygen atoms in total. The zero-order chi connectivity index (χ0) is 11.1. The molecule has 15 heavy (non-hydrogen) atoms. The van der Waals surface area contributed by atoms with Crippen LogP contribution in [-0.2, 0) is 0 Å². The van der Waals surface area contributed by atoms with Crippen LogP contribution < -0.4 is 10.6 Å². The first-order chi connectivity index (χ1) is 7.18. The Labute approximate surface area is 91.8 Å². The maximum Gasteiger partial charge on any atom is 0.163 e. The highest BCUT2D eigenvalue weighted by Gasteiger charge is 2.08. The molecule has 1 atom stereocenters. The van der Waals surface area contributed by atoms with Crippen LogP contribution in [0.1, 0.15) is 0 Å². The number of nitrogens with zero attached hydrogens (tertiary/aromatic N) is 2. The van der Waals surface area contributed by atoms with E-state index in [1.165, 1.54) is 0 Å². The molecular formula is C10H23FN4. The highest BCUT2D eigenvalue weighted by molar-refractivity contribution is 4.65. The minimum Gasteiger partial charge on any atom is -0.311 e. The van der Waals surface area contributed by atoms with E-state index in [0.717, 1.165) is 32.7 Å². The predicted octanol–water partition coefficient (Wildman–Crippen LogP) is -0.662. The van der Waals surface area contributed by atoms with Gasteiger partial charge in [0.05, 0.1) is 0 Å². The van der Waals surface area contributed by atoms with E-state index in [4.69, 9.17) is 0 Å². The lowest BCUT2D eigenvalue weighted by atomic mass is 10.4. The fraction of sp³-hybridized carbons (Fsp3) is 1.00. The molecule has 0 bridgehead atoms. The number of likely N-dealkylation sites (N-methyl/N-ethyl adjacent to an activating group) is 2. The van der Waals surface area contributed by atoms with Gasteiger partial charge in [-0.15, -0.1) is 0 Å². The molecular weight excluding hydrogens is 195 g/mol. The van der Waals surface area contributed by atoms with Crippen molar-refractivity contribution >= 4 is 0 Å². The van der Waals surface area contributed by atoms with Gasteiger partial charge in [0.25, 0.3) is 0 Å². The van der Waals surface area contributed by atoms with Gasteiger partial charge in [-0.25, -0.2) is 4.39 Å². The summed E-state index contributed by atoms with van der Waals surface area (Å²) in [6.07, 6.45) is -0.928. The number of rotatable bonds is 0. The largest absolute Gasteiger partial charge is 0.311 e. The van der Waals surface area contributed by atoms with E-state index < -0.39 is 6.30 Å². The van der Waals surface area contributed by atoms with Gasteiger partial charge in [-0.3, -0.25) is 5.32 Å². The van der Waals surface area contributed by atoms with Crippen LogP contribution in [-0.4, -0.2) is 76.0 Å². The SMILES string of the molecule is CN1CCNCC(F)NCCN(C)CC1. The number of nitrogens with one attached hydrogen (secondary N) is 2. The molecule has 1 saturated heterocycles. The van der Waals surface area contributed by atoms with Gasteiger partial charge in [-0.1, -0.05) is 0 Å². The fourth-order valence-electron chi connectivity index (χ4n) is 1.55. The number of hydrogen-bond acceptors (Lipinski definition) is 4.